The van der Waals surface area contributed by atoms with Crippen LogP contribution in [0.1, 0.15) is 58.6 Å². The molecule has 0 radical (unpaired) electrons. The van der Waals surface area contributed by atoms with Crippen LogP contribution in [0.25, 0.3) is 0 Å². The number of nitrogens with two attached hydrogens (primary N) is 1. The standard InChI is InChI=1S/C19H25N7O2/c1-12(2)14-9-15(24-19(20)23-14)17(27)25-5-4-6-26(8-7-25)18(28)16-11-21-13(3)10-22-16/h9-12H,4-8H2,1-3H3,(H2,20,23,24). The van der Waals surface area contributed by atoms with Gasteiger partial charge < -0.3 is 15.5 Å². The Bertz CT molecular complexity index is 867. The van der Waals surface area contributed by atoms with Crippen molar-refractivity contribution in [2.24, 2.45) is 0 Å². The number of aromatic nitrogens is 4. The molecule has 1 saturated heterocycles. The fourth-order valence-electron chi connectivity index (χ4n) is 3.04. The second-order valence-corrected chi connectivity index (χ2v) is 7.17. The van der Waals surface area contributed by atoms with Gasteiger partial charge in [-0.2, -0.15) is 0 Å². The maximum absolute atomic E-state index is 12.9. The third-order valence-electron chi connectivity index (χ3n) is 4.64. The minimum Gasteiger partial charge on any atom is -0.368 e. The van der Waals surface area contributed by atoms with E-state index in [0.29, 0.717) is 44.0 Å². The Morgan fingerprint density at radius 1 is 0.964 bits per heavy atom. The Hall–Kier alpha value is -3.10. The second kappa shape index (κ2) is 8.28. The quantitative estimate of drug-likeness (QED) is 0.848. The molecule has 0 aliphatic carbocycles. The van der Waals surface area contributed by atoms with Crippen LogP contribution in [-0.2, 0) is 0 Å². The van der Waals surface area contributed by atoms with Gasteiger partial charge in [-0.05, 0) is 25.3 Å². The Kier molecular flexibility index (Phi) is 5.81. The van der Waals surface area contributed by atoms with Crippen molar-refractivity contribution >= 4 is 17.8 Å². The summed E-state index contributed by atoms with van der Waals surface area (Å²) in [6.45, 7) is 7.74. The molecule has 0 aromatic carbocycles. The number of nitrogens with zero attached hydrogens (tertiary/aromatic N) is 6. The van der Waals surface area contributed by atoms with E-state index in [1.165, 1.54) is 6.20 Å². The largest absolute Gasteiger partial charge is 0.368 e. The Labute approximate surface area is 164 Å². The molecule has 1 aliphatic rings. The average Bonchev–Trinajstić information content (AvgIpc) is 2.93. The van der Waals surface area contributed by atoms with Gasteiger partial charge in [0.1, 0.15) is 11.4 Å². The predicted molar refractivity (Wildman–Crippen MR) is 104 cm³/mol. The minimum absolute atomic E-state index is 0.0964. The number of amides is 2. The summed E-state index contributed by atoms with van der Waals surface area (Å²) in [5.41, 5.74) is 7.88. The van der Waals surface area contributed by atoms with E-state index in [1.807, 2.05) is 20.8 Å². The van der Waals surface area contributed by atoms with Crippen molar-refractivity contribution in [3.63, 3.8) is 0 Å². The molecule has 2 aromatic heterocycles. The molecule has 3 rings (SSSR count). The zero-order chi connectivity index (χ0) is 20.3. The lowest BCUT2D eigenvalue weighted by Crippen LogP contribution is -2.38. The van der Waals surface area contributed by atoms with Gasteiger partial charge in [-0.15, -0.1) is 0 Å². The SMILES string of the molecule is Cc1cnc(C(=O)N2CCCN(C(=O)c3cc(C(C)C)nc(N)n3)CC2)cn1. The molecule has 9 nitrogen and oxygen atoms in total. The molecule has 2 amide bonds. The van der Waals surface area contributed by atoms with Crippen LogP contribution in [0.3, 0.4) is 0 Å². The first-order valence-corrected chi connectivity index (χ1v) is 9.37. The van der Waals surface area contributed by atoms with Gasteiger partial charge in [0.25, 0.3) is 11.8 Å². The van der Waals surface area contributed by atoms with Gasteiger partial charge in [0.05, 0.1) is 11.9 Å². The van der Waals surface area contributed by atoms with Gasteiger partial charge in [-0.3, -0.25) is 14.6 Å². The summed E-state index contributed by atoms with van der Waals surface area (Å²) in [7, 11) is 0. The van der Waals surface area contributed by atoms with Crippen molar-refractivity contribution in [2.45, 2.75) is 33.1 Å². The number of hydrogen-bond acceptors (Lipinski definition) is 7. The van der Waals surface area contributed by atoms with E-state index in [-0.39, 0.29) is 23.7 Å². The van der Waals surface area contributed by atoms with Crippen molar-refractivity contribution in [3.05, 3.63) is 41.2 Å². The fraction of sp³-hybridized carbons (Fsp3) is 0.474. The van der Waals surface area contributed by atoms with E-state index >= 15 is 0 Å². The lowest BCUT2D eigenvalue weighted by atomic mass is 10.1. The number of anilines is 1. The smallest absolute Gasteiger partial charge is 0.274 e. The lowest BCUT2D eigenvalue weighted by molar-refractivity contribution is 0.0712. The molecule has 1 aliphatic heterocycles. The first-order chi connectivity index (χ1) is 13.3. The highest BCUT2D eigenvalue weighted by Gasteiger charge is 2.25. The summed E-state index contributed by atoms with van der Waals surface area (Å²) in [4.78, 5) is 45.6. The highest BCUT2D eigenvalue weighted by Crippen LogP contribution is 2.16. The van der Waals surface area contributed by atoms with Crippen molar-refractivity contribution in [3.8, 4) is 0 Å². The van der Waals surface area contributed by atoms with Crippen molar-refractivity contribution in [1.82, 2.24) is 29.7 Å². The summed E-state index contributed by atoms with van der Waals surface area (Å²) < 4.78 is 0. The molecule has 2 aromatic rings. The van der Waals surface area contributed by atoms with Crippen LogP contribution in [0.5, 0.6) is 0 Å². The summed E-state index contributed by atoms with van der Waals surface area (Å²) in [6.07, 6.45) is 3.74. The summed E-state index contributed by atoms with van der Waals surface area (Å²) in [5, 5.41) is 0. The maximum Gasteiger partial charge on any atom is 0.274 e. The second-order valence-electron chi connectivity index (χ2n) is 7.17. The maximum atomic E-state index is 12.9. The van der Waals surface area contributed by atoms with Crippen molar-refractivity contribution in [1.29, 1.82) is 0 Å². The molecule has 148 valence electrons. The van der Waals surface area contributed by atoms with Crippen molar-refractivity contribution < 1.29 is 9.59 Å². The zero-order valence-electron chi connectivity index (χ0n) is 16.4. The number of carbonyl (C=O) groups excluding carboxylic acids is 2. The fourth-order valence-corrected chi connectivity index (χ4v) is 3.04. The van der Waals surface area contributed by atoms with E-state index in [4.69, 9.17) is 5.73 Å². The number of hydrogen-bond donors (Lipinski definition) is 1. The molecule has 0 atom stereocenters. The first-order valence-electron chi connectivity index (χ1n) is 9.37. The zero-order valence-corrected chi connectivity index (χ0v) is 16.4. The predicted octanol–water partition coefficient (Wildman–Crippen LogP) is 1.27. The molecule has 9 heteroatoms. The highest BCUT2D eigenvalue weighted by atomic mass is 16.2. The van der Waals surface area contributed by atoms with Crippen LogP contribution in [0.2, 0.25) is 0 Å². The summed E-state index contributed by atoms with van der Waals surface area (Å²) in [5.74, 6) is -0.126. The van der Waals surface area contributed by atoms with Crippen LogP contribution in [0.4, 0.5) is 5.95 Å². The summed E-state index contributed by atoms with van der Waals surface area (Å²) >= 11 is 0. The highest BCUT2D eigenvalue weighted by molar-refractivity contribution is 5.93. The van der Waals surface area contributed by atoms with Crippen molar-refractivity contribution in [2.75, 3.05) is 31.9 Å². The van der Waals surface area contributed by atoms with Gasteiger partial charge in [0.15, 0.2) is 0 Å². The number of rotatable bonds is 3. The Morgan fingerprint density at radius 3 is 2.18 bits per heavy atom. The van der Waals surface area contributed by atoms with Crippen LogP contribution in [0, 0.1) is 6.92 Å². The molecule has 2 N–H and O–H groups in total. The van der Waals surface area contributed by atoms with Crippen LogP contribution >= 0.6 is 0 Å². The minimum atomic E-state index is -0.194. The summed E-state index contributed by atoms with van der Waals surface area (Å²) in [6, 6.07) is 1.69. The van der Waals surface area contributed by atoms with Gasteiger partial charge in [0, 0.05) is 38.1 Å². The number of nitrogen functional groups attached to an aromatic ring is 1. The molecular formula is C19H25N7O2. The molecule has 3 heterocycles. The first kappa shape index (κ1) is 19.7. The van der Waals surface area contributed by atoms with Gasteiger partial charge in [0.2, 0.25) is 5.95 Å². The Morgan fingerprint density at radius 2 is 1.61 bits per heavy atom. The molecule has 1 fully saturated rings. The average molecular weight is 383 g/mol. The van der Waals surface area contributed by atoms with E-state index in [1.54, 1.807) is 22.1 Å². The van der Waals surface area contributed by atoms with E-state index in [0.717, 1.165) is 11.4 Å². The molecule has 0 saturated carbocycles. The molecule has 0 bridgehead atoms. The number of carbonyl (C=O) groups is 2. The van der Waals surface area contributed by atoms with E-state index in [9.17, 15) is 9.59 Å². The molecule has 28 heavy (non-hydrogen) atoms. The van der Waals surface area contributed by atoms with Crippen LogP contribution in [-0.4, -0.2) is 67.7 Å². The van der Waals surface area contributed by atoms with Gasteiger partial charge in [-0.25, -0.2) is 15.0 Å². The van der Waals surface area contributed by atoms with Crippen LogP contribution < -0.4 is 5.73 Å². The third-order valence-corrected chi connectivity index (χ3v) is 4.64. The monoisotopic (exact) mass is 383 g/mol. The van der Waals surface area contributed by atoms with E-state index < -0.39 is 0 Å². The van der Waals surface area contributed by atoms with Gasteiger partial charge in [-0.1, -0.05) is 13.8 Å². The Balaban J connectivity index is 1.70. The topological polar surface area (TPSA) is 118 Å². The third kappa shape index (κ3) is 4.41. The molecular weight excluding hydrogens is 358 g/mol. The van der Waals surface area contributed by atoms with Gasteiger partial charge >= 0.3 is 0 Å². The lowest BCUT2D eigenvalue weighted by Gasteiger charge is -2.22. The van der Waals surface area contributed by atoms with E-state index in [2.05, 4.69) is 19.9 Å². The normalized spacial score (nSPS) is 14.9. The molecule has 0 spiro atoms. The number of aryl methyl sites for hydroxylation is 1. The van der Waals surface area contributed by atoms with Crippen LogP contribution in [0.15, 0.2) is 18.5 Å². The molecule has 0 unspecified atom stereocenters.